The molecule has 0 fully saturated rings. The van der Waals surface area contributed by atoms with Gasteiger partial charge in [-0.3, -0.25) is 4.55 Å². The lowest BCUT2D eigenvalue weighted by Gasteiger charge is -2.12. The predicted octanol–water partition coefficient (Wildman–Crippen LogP) is 0.238. The molecule has 0 spiro atoms. The molecule has 0 amide bonds. The summed E-state index contributed by atoms with van der Waals surface area (Å²) < 4.78 is 29.2. The van der Waals surface area contributed by atoms with Crippen LogP contribution in [0.4, 0.5) is 0 Å². The number of rotatable bonds is 7. The van der Waals surface area contributed by atoms with Gasteiger partial charge in [0.15, 0.2) is 0 Å². The third-order valence-corrected chi connectivity index (χ3v) is 2.46. The molecule has 15 heavy (non-hydrogen) atoms. The zero-order chi connectivity index (χ0) is 11.7. The van der Waals surface area contributed by atoms with E-state index in [0.717, 1.165) is 0 Å². The van der Waals surface area contributed by atoms with Gasteiger partial charge in [0.1, 0.15) is 0 Å². The maximum Gasteiger partial charge on any atom is 0.264 e. The Morgan fingerprint density at radius 3 is 2.73 bits per heavy atom. The van der Waals surface area contributed by atoms with Crippen LogP contribution in [-0.4, -0.2) is 37.2 Å². The Hall–Kier alpha value is -1.19. The van der Waals surface area contributed by atoms with Crippen molar-refractivity contribution in [2.75, 3.05) is 19.3 Å². The average Bonchev–Trinajstić information content (AvgIpc) is 2.11. The number of hydrogen-bond donors (Lipinski definition) is 2. The van der Waals surface area contributed by atoms with Crippen LogP contribution in [0.5, 0.6) is 0 Å². The second kappa shape index (κ2) is 7.15. The Labute approximate surface area is 90.9 Å². The predicted molar refractivity (Wildman–Crippen MR) is 59.4 cm³/mol. The van der Waals surface area contributed by atoms with Gasteiger partial charge in [0.05, 0.1) is 5.75 Å². The smallest absolute Gasteiger partial charge is 0.264 e. The molecular formula is C9H16N2O3S. The van der Waals surface area contributed by atoms with Crippen molar-refractivity contribution in [2.24, 2.45) is 0 Å². The summed E-state index contributed by atoms with van der Waals surface area (Å²) in [5.74, 6) is -0.187. The molecule has 0 aliphatic heterocycles. The fraction of sp³-hybridized carbons (Fsp3) is 0.556. The van der Waals surface area contributed by atoms with E-state index in [9.17, 15) is 8.42 Å². The van der Waals surface area contributed by atoms with Gasteiger partial charge in [-0.05, 0) is 12.8 Å². The highest BCUT2D eigenvalue weighted by Gasteiger charge is 2.03. The van der Waals surface area contributed by atoms with Crippen LogP contribution >= 0.6 is 0 Å². The number of terminal acetylenes is 1. The number of unbranched alkanes of at least 4 members (excludes halogenated alkanes) is 1. The fourth-order valence-electron chi connectivity index (χ4n) is 0.933. The van der Waals surface area contributed by atoms with Gasteiger partial charge in [-0.1, -0.05) is 6.42 Å². The molecule has 0 saturated heterocycles. The van der Waals surface area contributed by atoms with Crippen LogP contribution in [-0.2, 0) is 10.1 Å². The van der Waals surface area contributed by atoms with Crippen LogP contribution in [0, 0.1) is 12.5 Å². The van der Waals surface area contributed by atoms with Crippen LogP contribution in [0.3, 0.4) is 0 Å². The summed E-state index contributed by atoms with van der Waals surface area (Å²) in [6, 6.07) is 2.23. The lowest BCUT2D eigenvalue weighted by Crippen LogP contribution is -2.14. The minimum absolute atomic E-state index is 0.187. The van der Waals surface area contributed by atoms with E-state index in [1.165, 1.54) is 0 Å². The Balaban J connectivity index is 3.56. The van der Waals surface area contributed by atoms with Gasteiger partial charge < -0.3 is 10.2 Å². The van der Waals surface area contributed by atoms with Crippen LogP contribution in [0.15, 0.2) is 12.4 Å². The summed E-state index contributed by atoms with van der Waals surface area (Å²) in [5.41, 5.74) is 0. The number of nitrogens with one attached hydrogen (secondary N) is 1. The number of hydrogen-bond acceptors (Lipinski definition) is 4. The zero-order valence-corrected chi connectivity index (χ0v) is 9.50. The van der Waals surface area contributed by atoms with Gasteiger partial charge in [-0.2, -0.15) is 8.42 Å². The lowest BCUT2D eigenvalue weighted by atomic mass is 10.3. The van der Waals surface area contributed by atoms with Crippen molar-refractivity contribution in [1.82, 2.24) is 10.2 Å². The Morgan fingerprint density at radius 1 is 1.53 bits per heavy atom. The first-order chi connectivity index (χ1) is 6.95. The highest BCUT2D eigenvalue weighted by molar-refractivity contribution is 7.85. The molecule has 0 bridgehead atoms. The summed E-state index contributed by atoms with van der Waals surface area (Å²) in [7, 11) is -1.97. The zero-order valence-electron chi connectivity index (χ0n) is 8.68. The molecule has 0 aromatic carbocycles. The minimum atomic E-state index is -3.82. The minimum Gasteiger partial charge on any atom is -0.379 e. The Kier molecular flexibility index (Phi) is 6.58. The molecule has 0 unspecified atom stereocenters. The van der Waals surface area contributed by atoms with Gasteiger partial charge in [-0.15, -0.1) is 0 Å². The van der Waals surface area contributed by atoms with Gasteiger partial charge in [0, 0.05) is 32.0 Å². The quantitative estimate of drug-likeness (QED) is 0.285. The summed E-state index contributed by atoms with van der Waals surface area (Å²) in [4.78, 5) is 1.87. The summed E-state index contributed by atoms with van der Waals surface area (Å²) in [5, 5.41) is 2.56. The highest BCUT2D eigenvalue weighted by Crippen LogP contribution is 1.96. The van der Waals surface area contributed by atoms with E-state index in [1.807, 2.05) is 11.9 Å². The fourth-order valence-corrected chi connectivity index (χ4v) is 1.50. The largest absolute Gasteiger partial charge is 0.379 e. The average molecular weight is 232 g/mol. The molecular weight excluding hydrogens is 216 g/mol. The molecule has 5 nitrogen and oxygen atoms in total. The first kappa shape index (κ1) is 13.8. The lowest BCUT2D eigenvalue weighted by molar-refractivity contribution is 0.434. The van der Waals surface area contributed by atoms with E-state index >= 15 is 0 Å². The Bertz CT molecular complexity index is 330. The molecule has 0 aromatic heterocycles. The molecule has 0 atom stereocenters. The summed E-state index contributed by atoms with van der Waals surface area (Å²) >= 11 is 0. The van der Waals surface area contributed by atoms with Crippen molar-refractivity contribution in [1.29, 1.82) is 0 Å². The standard InChI is InChI=1S/C9H16N2O3S/c1-3-10-6-8-11(2)7-4-5-9-15(12,13)14/h1,6,8,10H,4-5,7,9H2,2H3,(H,12,13,14)/b8-6-. The second-order valence-corrected chi connectivity index (χ2v) is 4.65. The van der Waals surface area contributed by atoms with Crippen LogP contribution in [0.2, 0.25) is 0 Å². The van der Waals surface area contributed by atoms with Crippen LogP contribution < -0.4 is 5.32 Å². The van der Waals surface area contributed by atoms with Crippen molar-refractivity contribution < 1.29 is 13.0 Å². The summed E-state index contributed by atoms with van der Waals surface area (Å²) in [6.07, 6.45) is 9.47. The van der Waals surface area contributed by atoms with Gasteiger partial charge in [0.2, 0.25) is 0 Å². The van der Waals surface area contributed by atoms with Gasteiger partial charge >= 0.3 is 0 Å². The molecule has 6 heteroatoms. The first-order valence-corrected chi connectivity index (χ1v) is 6.10. The third-order valence-electron chi connectivity index (χ3n) is 1.66. The Morgan fingerprint density at radius 2 is 2.20 bits per heavy atom. The maximum atomic E-state index is 10.4. The molecule has 0 radical (unpaired) electrons. The molecule has 0 heterocycles. The first-order valence-electron chi connectivity index (χ1n) is 4.49. The third kappa shape index (κ3) is 10.7. The monoisotopic (exact) mass is 232 g/mol. The van der Waals surface area contributed by atoms with E-state index in [1.54, 1.807) is 12.4 Å². The number of nitrogens with zero attached hydrogens (tertiary/aromatic N) is 1. The SMILES string of the molecule is C#CN/C=C\N(C)CCCCS(=O)(=O)O. The van der Waals surface area contributed by atoms with E-state index in [2.05, 4.69) is 11.4 Å². The van der Waals surface area contributed by atoms with Crippen LogP contribution in [0.1, 0.15) is 12.8 Å². The van der Waals surface area contributed by atoms with Crippen molar-refractivity contribution >= 4 is 10.1 Å². The normalized spacial score (nSPS) is 11.3. The topological polar surface area (TPSA) is 69.6 Å². The van der Waals surface area contributed by atoms with E-state index < -0.39 is 10.1 Å². The second-order valence-electron chi connectivity index (χ2n) is 3.08. The molecule has 86 valence electrons. The molecule has 0 aliphatic carbocycles. The van der Waals surface area contributed by atoms with Gasteiger partial charge in [0.25, 0.3) is 10.1 Å². The maximum absolute atomic E-state index is 10.4. The van der Waals surface area contributed by atoms with Gasteiger partial charge in [-0.25, -0.2) is 0 Å². The van der Waals surface area contributed by atoms with Crippen molar-refractivity contribution in [2.45, 2.75) is 12.8 Å². The highest BCUT2D eigenvalue weighted by atomic mass is 32.2. The van der Waals surface area contributed by atoms with E-state index in [-0.39, 0.29) is 5.75 Å². The molecule has 0 aliphatic rings. The van der Waals surface area contributed by atoms with E-state index in [4.69, 9.17) is 11.0 Å². The molecule has 0 rings (SSSR count). The van der Waals surface area contributed by atoms with Crippen molar-refractivity contribution in [3.8, 4) is 12.5 Å². The molecule has 0 aromatic rings. The molecule has 2 N–H and O–H groups in total. The van der Waals surface area contributed by atoms with E-state index in [0.29, 0.717) is 19.4 Å². The van der Waals surface area contributed by atoms with Crippen molar-refractivity contribution in [3.05, 3.63) is 12.4 Å². The van der Waals surface area contributed by atoms with Crippen molar-refractivity contribution in [3.63, 3.8) is 0 Å². The molecule has 0 saturated carbocycles. The summed E-state index contributed by atoms with van der Waals surface area (Å²) in [6.45, 7) is 0.707. The van der Waals surface area contributed by atoms with Crippen LogP contribution in [0.25, 0.3) is 0 Å².